The third-order valence-corrected chi connectivity index (χ3v) is 6.31. The molecule has 12 nitrogen and oxygen atoms in total. The molecule has 0 saturated carbocycles. The van der Waals surface area contributed by atoms with Gasteiger partial charge in [0.2, 0.25) is 0 Å². The highest BCUT2D eigenvalue weighted by Gasteiger charge is 2.32. The lowest BCUT2D eigenvalue weighted by Crippen LogP contribution is -2.45. The van der Waals surface area contributed by atoms with E-state index in [0.29, 0.717) is 51.8 Å². The molecule has 13 heteroatoms. The highest BCUT2D eigenvalue weighted by molar-refractivity contribution is 9.10. The summed E-state index contributed by atoms with van der Waals surface area (Å²) >= 11 is 3.47. The number of amides is 3. The Labute approximate surface area is 252 Å². The van der Waals surface area contributed by atoms with E-state index in [9.17, 15) is 14.4 Å². The SMILES string of the molecule is C=CCOc1c(Br)cc(/C=N\NC(=O)COc2ccc([C@H]3NC(=O)NC(C)=C3C(=O)OCC)cc2OC)cc1OCC. The summed E-state index contributed by atoms with van der Waals surface area (Å²) in [7, 11) is 1.44. The third-order valence-electron chi connectivity index (χ3n) is 5.72. The summed E-state index contributed by atoms with van der Waals surface area (Å²) in [6, 6.07) is 7.13. The maximum absolute atomic E-state index is 12.6. The van der Waals surface area contributed by atoms with E-state index in [2.05, 4.69) is 43.7 Å². The van der Waals surface area contributed by atoms with E-state index in [4.69, 9.17) is 23.7 Å². The predicted molar refractivity (Wildman–Crippen MR) is 159 cm³/mol. The number of methoxy groups -OCH3 is 1. The van der Waals surface area contributed by atoms with Crippen molar-refractivity contribution in [1.82, 2.24) is 16.1 Å². The van der Waals surface area contributed by atoms with Crippen molar-refractivity contribution in [2.24, 2.45) is 5.10 Å². The number of urea groups is 1. The molecular weight excluding hydrogens is 612 g/mol. The monoisotopic (exact) mass is 644 g/mol. The van der Waals surface area contributed by atoms with Gasteiger partial charge in [0.05, 0.1) is 42.6 Å². The lowest BCUT2D eigenvalue weighted by Gasteiger charge is -2.28. The van der Waals surface area contributed by atoms with Gasteiger partial charge in [-0.2, -0.15) is 5.10 Å². The van der Waals surface area contributed by atoms with Gasteiger partial charge in [0.1, 0.15) is 6.61 Å². The molecule has 42 heavy (non-hydrogen) atoms. The first-order chi connectivity index (χ1) is 20.2. The fourth-order valence-electron chi connectivity index (χ4n) is 3.97. The Bertz CT molecular complexity index is 1390. The molecular formula is C29H33BrN4O8. The number of carbonyl (C=O) groups is 3. The first-order valence-corrected chi connectivity index (χ1v) is 13.8. The number of hydrogen-bond donors (Lipinski definition) is 3. The first kappa shape index (κ1) is 32.0. The number of carbonyl (C=O) groups excluding carboxylic acids is 3. The van der Waals surface area contributed by atoms with Gasteiger partial charge in [-0.3, -0.25) is 4.79 Å². The summed E-state index contributed by atoms with van der Waals surface area (Å²) < 4.78 is 28.2. The molecule has 3 N–H and O–H groups in total. The summed E-state index contributed by atoms with van der Waals surface area (Å²) in [4.78, 5) is 37.1. The molecule has 0 fully saturated rings. The Morgan fingerprint density at radius 3 is 2.57 bits per heavy atom. The summed E-state index contributed by atoms with van der Waals surface area (Å²) in [6.45, 7) is 9.41. The average Bonchev–Trinajstić information content (AvgIpc) is 2.95. The Balaban J connectivity index is 1.67. The number of hydrazone groups is 1. The van der Waals surface area contributed by atoms with Gasteiger partial charge in [-0.15, -0.1) is 0 Å². The van der Waals surface area contributed by atoms with Crippen LogP contribution in [0.4, 0.5) is 4.79 Å². The molecule has 0 aromatic heterocycles. The van der Waals surface area contributed by atoms with Gasteiger partial charge in [-0.1, -0.05) is 18.7 Å². The molecule has 224 valence electrons. The topological polar surface area (TPSA) is 146 Å². The maximum Gasteiger partial charge on any atom is 0.338 e. The Morgan fingerprint density at radius 1 is 1.10 bits per heavy atom. The molecule has 0 unspecified atom stereocenters. The second-order valence-corrected chi connectivity index (χ2v) is 9.50. The van der Waals surface area contributed by atoms with Crippen LogP contribution in [-0.4, -0.2) is 57.7 Å². The van der Waals surface area contributed by atoms with Crippen LogP contribution in [0.15, 0.2) is 63.8 Å². The van der Waals surface area contributed by atoms with Crippen molar-refractivity contribution in [1.29, 1.82) is 0 Å². The van der Waals surface area contributed by atoms with Crippen LogP contribution in [0.5, 0.6) is 23.0 Å². The highest BCUT2D eigenvalue weighted by atomic mass is 79.9. The average molecular weight is 646 g/mol. The van der Waals surface area contributed by atoms with Crippen molar-refractivity contribution in [3.05, 3.63) is 69.9 Å². The van der Waals surface area contributed by atoms with Crippen molar-refractivity contribution in [2.45, 2.75) is 26.8 Å². The van der Waals surface area contributed by atoms with Gasteiger partial charge in [0.15, 0.2) is 29.6 Å². The zero-order valence-corrected chi connectivity index (χ0v) is 25.3. The number of nitrogens with one attached hydrogen (secondary N) is 3. The number of ether oxygens (including phenoxy) is 5. The summed E-state index contributed by atoms with van der Waals surface area (Å²) in [5.74, 6) is 0.564. The first-order valence-electron chi connectivity index (χ1n) is 13.0. The molecule has 2 aromatic rings. The van der Waals surface area contributed by atoms with Gasteiger partial charge >= 0.3 is 12.0 Å². The smallest absolute Gasteiger partial charge is 0.338 e. The van der Waals surface area contributed by atoms with Crippen molar-refractivity contribution >= 4 is 40.1 Å². The largest absolute Gasteiger partial charge is 0.493 e. The molecule has 2 aromatic carbocycles. The molecule has 3 rings (SSSR count). The molecule has 0 bridgehead atoms. The standard InChI is InChI=1S/C29H33BrN4O8/c1-6-11-41-27-20(30)12-18(13-23(27)39-7-2)15-31-34-24(35)16-42-21-10-9-19(14-22(21)38-5)26-25(28(36)40-8-3)17(4)32-29(37)33-26/h6,9-10,12-15,26H,1,7-8,11,16H2,2-5H3,(H,34,35)(H2,32,33,37)/b31-15-/t26-/m1/s1. The van der Waals surface area contributed by atoms with Crippen LogP contribution in [0.2, 0.25) is 0 Å². The maximum atomic E-state index is 12.6. The summed E-state index contributed by atoms with van der Waals surface area (Å²) in [6.07, 6.45) is 3.09. The normalized spacial score (nSPS) is 14.5. The van der Waals surface area contributed by atoms with E-state index < -0.39 is 23.9 Å². The van der Waals surface area contributed by atoms with Crippen LogP contribution in [0.3, 0.4) is 0 Å². The van der Waals surface area contributed by atoms with Crippen LogP contribution < -0.4 is 35.0 Å². The Kier molecular flexibility index (Phi) is 11.8. The van der Waals surface area contributed by atoms with Gasteiger partial charge in [-0.05, 0) is 72.1 Å². The lowest BCUT2D eigenvalue weighted by atomic mass is 9.95. The molecule has 3 amide bonds. The predicted octanol–water partition coefficient (Wildman–Crippen LogP) is 4.14. The quantitative estimate of drug-likeness (QED) is 0.120. The van der Waals surface area contributed by atoms with Gasteiger partial charge in [0, 0.05) is 5.70 Å². The third kappa shape index (κ3) is 8.26. The minimum atomic E-state index is -0.774. The van der Waals surface area contributed by atoms with E-state index >= 15 is 0 Å². The second kappa shape index (κ2) is 15.5. The van der Waals surface area contributed by atoms with Crippen molar-refractivity contribution in [3.8, 4) is 23.0 Å². The van der Waals surface area contributed by atoms with E-state index in [0.717, 1.165) is 0 Å². The number of esters is 1. The minimum absolute atomic E-state index is 0.182. The number of hydrogen-bond acceptors (Lipinski definition) is 9. The zero-order valence-electron chi connectivity index (χ0n) is 23.7. The van der Waals surface area contributed by atoms with Crippen LogP contribution in [-0.2, 0) is 14.3 Å². The van der Waals surface area contributed by atoms with Crippen molar-refractivity contribution in [2.75, 3.05) is 33.5 Å². The molecule has 1 aliphatic heterocycles. The Hall–Kier alpha value is -4.52. The molecule has 0 spiro atoms. The van der Waals surface area contributed by atoms with Crippen LogP contribution in [0, 0.1) is 0 Å². The summed E-state index contributed by atoms with van der Waals surface area (Å²) in [5, 5.41) is 9.31. The lowest BCUT2D eigenvalue weighted by molar-refractivity contribution is -0.139. The number of benzene rings is 2. The molecule has 1 heterocycles. The fraction of sp³-hybridized carbons (Fsp3) is 0.310. The van der Waals surface area contributed by atoms with E-state index in [1.54, 1.807) is 50.3 Å². The number of rotatable bonds is 14. The number of allylic oxidation sites excluding steroid dienone is 1. The highest BCUT2D eigenvalue weighted by Crippen LogP contribution is 2.37. The van der Waals surface area contributed by atoms with E-state index in [1.807, 2.05) is 6.92 Å². The van der Waals surface area contributed by atoms with Gasteiger partial charge < -0.3 is 34.3 Å². The summed E-state index contributed by atoms with van der Waals surface area (Å²) in [5.41, 5.74) is 4.29. The zero-order chi connectivity index (χ0) is 30.6. The van der Waals surface area contributed by atoms with Crippen molar-refractivity contribution in [3.63, 3.8) is 0 Å². The second-order valence-electron chi connectivity index (χ2n) is 8.65. The number of nitrogens with zero attached hydrogens (tertiary/aromatic N) is 1. The molecule has 1 aliphatic rings. The number of halogens is 1. The van der Waals surface area contributed by atoms with Gasteiger partial charge in [-0.25, -0.2) is 15.0 Å². The fourth-order valence-corrected chi connectivity index (χ4v) is 4.54. The van der Waals surface area contributed by atoms with Crippen molar-refractivity contribution < 1.29 is 38.1 Å². The van der Waals surface area contributed by atoms with E-state index in [-0.39, 0.29) is 24.5 Å². The van der Waals surface area contributed by atoms with Crippen LogP contribution >= 0.6 is 15.9 Å². The van der Waals surface area contributed by atoms with Crippen LogP contribution in [0.1, 0.15) is 37.9 Å². The van der Waals surface area contributed by atoms with E-state index in [1.165, 1.54) is 13.3 Å². The molecule has 0 aliphatic carbocycles. The molecule has 1 atom stereocenters. The Morgan fingerprint density at radius 2 is 1.88 bits per heavy atom. The van der Waals surface area contributed by atoms with Gasteiger partial charge in [0.25, 0.3) is 5.91 Å². The molecule has 0 saturated heterocycles. The molecule has 0 radical (unpaired) electrons. The van der Waals surface area contributed by atoms with Crippen LogP contribution in [0.25, 0.3) is 0 Å². The minimum Gasteiger partial charge on any atom is -0.493 e.